The van der Waals surface area contributed by atoms with Gasteiger partial charge in [0, 0.05) is 26.2 Å². The van der Waals surface area contributed by atoms with Crippen molar-refractivity contribution in [1.82, 2.24) is 4.90 Å². The first kappa shape index (κ1) is 13.9. The molecule has 1 aliphatic carbocycles. The number of aliphatic hydroxyl groups is 2. The summed E-state index contributed by atoms with van der Waals surface area (Å²) in [6.45, 7) is 5.60. The van der Waals surface area contributed by atoms with Crippen LogP contribution in [0, 0.1) is 11.8 Å². The van der Waals surface area contributed by atoms with E-state index in [0.717, 1.165) is 37.9 Å². The Morgan fingerprint density at radius 2 is 1.94 bits per heavy atom. The van der Waals surface area contributed by atoms with Gasteiger partial charge >= 0.3 is 0 Å². The number of rotatable bonds is 7. The summed E-state index contributed by atoms with van der Waals surface area (Å²) in [5.74, 6) is 1.67. The van der Waals surface area contributed by atoms with Crippen molar-refractivity contribution in [1.29, 1.82) is 0 Å². The summed E-state index contributed by atoms with van der Waals surface area (Å²) in [4.78, 5) is 2.30. The summed E-state index contributed by atoms with van der Waals surface area (Å²) in [6.07, 6.45) is 6.24. The van der Waals surface area contributed by atoms with Crippen LogP contribution in [0.2, 0.25) is 0 Å². The molecule has 1 aliphatic rings. The normalized spacial score (nSPS) is 26.2. The van der Waals surface area contributed by atoms with Gasteiger partial charge in [-0.3, -0.25) is 0 Å². The summed E-state index contributed by atoms with van der Waals surface area (Å²) in [5, 5.41) is 17.9. The lowest BCUT2D eigenvalue weighted by molar-refractivity contribution is 0.139. The second-order valence-corrected chi connectivity index (χ2v) is 5.24. The third-order valence-electron chi connectivity index (χ3n) is 3.61. The molecule has 0 aromatic rings. The predicted octanol–water partition coefficient (Wildman–Crippen LogP) is 1.49. The zero-order valence-electron chi connectivity index (χ0n) is 10.6. The number of nitrogens with zero attached hydrogens (tertiary/aromatic N) is 1. The third-order valence-corrected chi connectivity index (χ3v) is 3.61. The Kier molecular flexibility index (Phi) is 7.01. The fourth-order valence-corrected chi connectivity index (χ4v) is 2.82. The number of aliphatic hydroxyl groups excluding tert-OH is 2. The van der Waals surface area contributed by atoms with E-state index in [9.17, 15) is 0 Å². The minimum absolute atomic E-state index is 0.230. The van der Waals surface area contributed by atoms with Crippen LogP contribution >= 0.6 is 0 Å². The smallest absolute Gasteiger partial charge is 0.0558 e. The molecule has 1 fully saturated rings. The van der Waals surface area contributed by atoms with E-state index in [1.807, 2.05) is 0 Å². The van der Waals surface area contributed by atoms with E-state index >= 15 is 0 Å². The molecule has 2 N–H and O–H groups in total. The highest BCUT2D eigenvalue weighted by Crippen LogP contribution is 2.29. The van der Waals surface area contributed by atoms with Crippen molar-refractivity contribution in [2.75, 3.05) is 32.8 Å². The largest absolute Gasteiger partial charge is 0.396 e. The van der Waals surface area contributed by atoms with Gasteiger partial charge in [0.2, 0.25) is 0 Å². The van der Waals surface area contributed by atoms with Gasteiger partial charge < -0.3 is 15.1 Å². The van der Waals surface area contributed by atoms with Gasteiger partial charge in [-0.1, -0.05) is 19.8 Å². The molecular weight excluding hydrogens is 202 g/mol. The van der Waals surface area contributed by atoms with Crippen molar-refractivity contribution in [3.63, 3.8) is 0 Å². The topological polar surface area (TPSA) is 43.7 Å². The van der Waals surface area contributed by atoms with Gasteiger partial charge in [-0.2, -0.15) is 0 Å². The van der Waals surface area contributed by atoms with Gasteiger partial charge in [-0.05, 0) is 31.1 Å². The molecule has 2 unspecified atom stereocenters. The molecule has 3 nitrogen and oxygen atoms in total. The standard InChI is InChI=1S/C13H27NO2/c1-12-4-2-5-13(10-12)11-14(7-9-16)6-3-8-15/h12-13,15-16H,2-11H2,1H3. The second kappa shape index (κ2) is 8.04. The minimum atomic E-state index is 0.230. The van der Waals surface area contributed by atoms with Crippen molar-refractivity contribution >= 4 is 0 Å². The highest BCUT2D eigenvalue weighted by Gasteiger charge is 2.20. The van der Waals surface area contributed by atoms with Crippen molar-refractivity contribution < 1.29 is 10.2 Å². The molecule has 96 valence electrons. The number of hydrogen-bond donors (Lipinski definition) is 2. The molecule has 2 atom stereocenters. The van der Waals surface area contributed by atoms with E-state index in [4.69, 9.17) is 10.2 Å². The van der Waals surface area contributed by atoms with Crippen molar-refractivity contribution in [2.24, 2.45) is 11.8 Å². The first-order chi connectivity index (χ1) is 7.76. The molecule has 0 aliphatic heterocycles. The van der Waals surface area contributed by atoms with Gasteiger partial charge in [0.25, 0.3) is 0 Å². The van der Waals surface area contributed by atoms with E-state index in [-0.39, 0.29) is 13.2 Å². The molecule has 0 radical (unpaired) electrons. The van der Waals surface area contributed by atoms with E-state index in [2.05, 4.69) is 11.8 Å². The van der Waals surface area contributed by atoms with Crippen LogP contribution in [-0.4, -0.2) is 48.0 Å². The van der Waals surface area contributed by atoms with Crippen LogP contribution in [0.1, 0.15) is 39.0 Å². The lowest BCUT2D eigenvalue weighted by Crippen LogP contribution is -2.35. The highest BCUT2D eigenvalue weighted by molar-refractivity contribution is 4.74. The quantitative estimate of drug-likeness (QED) is 0.695. The number of hydrogen-bond acceptors (Lipinski definition) is 3. The van der Waals surface area contributed by atoms with Crippen LogP contribution in [0.4, 0.5) is 0 Å². The maximum Gasteiger partial charge on any atom is 0.0558 e. The van der Waals surface area contributed by atoms with Crippen LogP contribution in [-0.2, 0) is 0 Å². The van der Waals surface area contributed by atoms with E-state index < -0.39 is 0 Å². The fraction of sp³-hybridized carbons (Fsp3) is 1.00. The molecule has 0 aromatic carbocycles. The average molecular weight is 229 g/mol. The average Bonchev–Trinajstić information content (AvgIpc) is 2.26. The molecule has 0 amide bonds. The Morgan fingerprint density at radius 3 is 2.56 bits per heavy atom. The lowest BCUT2D eigenvalue weighted by atomic mass is 9.82. The van der Waals surface area contributed by atoms with Crippen LogP contribution in [0.5, 0.6) is 0 Å². The SMILES string of the molecule is CC1CCCC(CN(CCO)CCCO)C1. The van der Waals surface area contributed by atoms with Crippen LogP contribution in [0.3, 0.4) is 0 Å². The Morgan fingerprint density at radius 1 is 1.12 bits per heavy atom. The monoisotopic (exact) mass is 229 g/mol. The Bertz CT molecular complexity index is 175. The zero-order chi connectivity index (χ0) is 11.8. The van der Waals surface area contributed by atoms with Gasteiger partial charge in [0.15, 0.2) is 0 Å². The third kappa shape index (κ3) is 5.28. The summed E-state index contributed by atoms with van der Waals surface area (Å²) in [5.41, 5.74) is 0. The van der Waals surface area contributed by atoms with Gasteiger partial charge in [0.1, 0.15) is 0 Å². The van der Waals surface area contributed by atoms with Gasteiger partial charge in [-0.25, -0.2) is 0 Å². The summed E-state index contributed by atoms with van der Waals surface area (Å²) >= 11 is 0. The van der Waals surface area contributed by atoms with Crippen molar-refractivity contribution in [3.05, 3.63) is 0 Å². The first-order valence-corrected chi connectivity index (χ1v) is 6.70. The Hall–Kier alpha value is -0.120. The van der Waals surface area contributed by atoms with Gasteiger partial charge in [-0.15, -0.1) is 0 Å². The maximum absolute atomic E-state index is 9.01. The molecule has 0 heterocycles. The molecular formula is C13H27NO2. The fourth-order valence-electron chi connectivity index (χ4n) is 2.82. The first-order valence-electron chi connectivity index (χ1n) is 6.70. The zero-order valence-corrected chi connectivity index (χ0v) is 10.6. The van der Waals surface area contributed by atoms with E-state index in [0.29, 0.717) is 0 Å². The maximum atomic E-state index is 9.01. The molecule has 0 aromatic heterocycles. The minimum Gasteiger partial charge on any atom is -0.396 e. The molecule has 1 rings (SSSR count). The second-order valence-electron chi connectivity index (χ2n) is 5.24. The van der Waals surface area contributed by atoms with Gasteiger partial charge in [0.05, 0.1) is 6.61 Å². The van der Waals surface area contributed by atoms with E-state index in [1.54, 1.807) is 0 Å². The Balaban J connectivity index is 2.28. The summed E-state index contributed by atoms with van der Waals surface area (Å²) in [7, 11) is 0. The Labute approximate surface area is 99.5 Å². The van der Waals surface area contributed by atoms with Crippen molar-refractivity contribution in [2.45, 2.75) is 39.0 Å². The van der Waals surface area contributed by atoms with Crippen LogP contribution < -0.4 is 0 Å². The summed E-state index contributed by atoms with van der Waals surface area (Å²) < 4.78 is 0. The molecule has 0 saturated heterocycles. The van der Waals surface area contributed by atoms with Crippen LogP contribution in [0.15, 0.2) is 0 Å². The summed E-state index contributed by atoms with van der Waals surface area (Å²) in [6, 6.07) is 0. The van der Waals surface area contributed by atoms with Crippen molar-refractivity contribution in [3.8, 4) is 0 Å². The molecule has 16 heavy (non-hydrogen) atoms. The molecule has 0 spiro atoms. The predicted molar refractivity (Wildman–Crippen MR) is 66.4 cm³/mol. The van der Waals surface area contributed by atoms with Crippen LogP contribution in [0.25, 0.3) is 0 Å². The highest BCUT2D eigenvalue weighted by atomic mass is 16.3. The molecule has 1 saturated carbocycles. The lowest BCUT2D eigenvalue weighted by Gasteiger charge is -2.31. The molecule has 3 heteroatoms. The molecule has 0 bridgehead atoms. The van der Waals surface area contributed by atoms with E-state index in [1.165, 1.54) is 25.7 Å².